The molecule has 1 fully saturated rings. The standard InChI is InChI=1S/C20H23N3O4/c24-19-13-27-18-11-14(6-7-15(18)22-19)20(25)21-12-16(17-5-4-10-26-17)23-8-2-1-3-9-23/h4-7,10-11,16H,1-3,8-9,12-13H2,(H,21,25)(H,22,24)/t16-/m0/s1. The van der Waals surface area contributed by atoms with Crippen molar-refractivity contribution >= 4 is 17.5 Å². The normalized spacial score (nSPS) is 18.1. The van der Waals surface area contributed by atoms with Crippen LogP contribution >= 0.6 is 0 Å². The van der Waals surface area contributed by atoms with Gasteiger partial charge in [-0.3, -0.25) is 14.5 Å². The van der Waals surface area contributed by atoms with Gasteiger partial charge in [-0.05, 0) is 56.3 Å². The van der Waals surface area contributed by atoms with Gasteiger partial charge in [0, 0.05) is 12.1 Å². The van der Waals surface area contributed by atoms with Crippen molar-refractivity contribution in [1.29, 1.82) is 0 Å². The third-order valence-corrected chi connectivity index (χ3v) is 5.04. The number of likely N-dealkylation sites (tertiary alicyclic amines) is 1. The summed E-state index contributed by atoms with van der Waals surface area (Å²) in [5, 5.41) is 5.74. The van der Waals surface area contributed by atoms with Gasteiger partial charge in [-0.15, -0.1) is 0 Å². The molecule has 7 nitrogen and oxygen atoms in total. The monoisotopic (exact) mass is 369 g/mol. The Hall–Kier alpha value is -2.80. The van der Waals surface area contributed by atoms with Crippen molar-refractivity contribution < 1.29 is 18.7 Å². The van der Waals surface area contributed by atoms with Crippen LogP contribution in [0.5, 0.6) is 5.75 Å². The lowest BCUT2D eigenvalue weighted by atomic mass is 10.1. The Labute approximate surface area is 157 Å². The summed E-state index contributed by atoms with van der Waals surface area (Å²) in [6.07, 6.45) is 5.25. The second-order valence-electron chi connectivity index (χ2n) is 6.89. The van der Waals surface area contributed by atoms with Gasteiger partial charge in [0.2, 0.25) is 0 Å². The highest BCUT2D eigenvalue weighted by atomic mass is 16.5. The van der Waals surface area contributed by atoms with E-state index >= 15 is 0 Å². The Bertz CT molecular complexity index is 813. The summed E-state index contributed by atoms with van der Waals surface area (Å²) in [5.74, 6) is 1.02. The van der Waals surface area contributed by atoms with Crippen LogP contribution in [0.2, 0.25) is 0 Å². The second-order valence-corrected chi connectivity index (χ2v) is 6.89. The number of benzene rings is 1. The Kier molecular flexibility index (Phi) is 5.11. The molecule has 27 heavy (non-hydrogen) atoms. The number of anilines is 1. The van der Waals surface area contributed by atoms with Crippen LogP contribution in [-0.2, 0) is 4.79 Å². The van der Waals surface area contributed by atoms with E-state index in [0.29, 0.717) is 23.5 Å². The maximum atomic E-state index is 12.6. The molecule has 0 unspecified atom stereocenters. The first-order chi connectivity index (χ1) is 13.2. The van der Waals surface area contributed by atoms with Crippen molar-refractivity contribution in [2.24, 2.45) is 0 Å². The van der Waals surface area contributed by atoms with E-state index in [0.717, 1.165) is 18.8 Å². The number of nitrogens with zero attached hydrogens (tertiary/aromatic N) is 1. The lowest BCUT2D eigenvalue weighted by Crippen LogP contribution is -2.40. The Morgan fingerprint density at radius 3 is 2.85 bits per heavy atom. The lowest BCUT2D eigenvalue weighted by Gasteiger charge is -2.33. The Morgan fingerprint density at radius 1 is 1.22 bits per heavy atom. The lowest BCUT2D eigenvalue weighted by molar-refractivity contribution is -0.118. The maximum Gasteiger partial charge on any atom is 0.262 e. The molecule has 0 spiro atoms. The highest BCUT2D eigenvalue weighted by Crippen LogP contribution is 2.29. The number of nitrogens with one attached hydrogen (secondary N) is 2. The molecule has 2 amide bonds. The van der Waals surface area contributed by atoms with Crippen molar-refractivity contribution in [2.75, 3.05) is 31.6 Å². The van der Waals surface area contributed by atoms with Crippen molar-refractivity contribution in [3.05, 3.63) is 47.9 Å². The number of fused-ring (bicyclic) bond motifs is 1. The van der Waals surface area contributed by atoms with Gasteiger partial charge < -0.3 is 19.8 Å². The van der Waals surface area contributed by atoms with Gasteiger partial charge in [0.25, 0.3) is 11.8 Å². The maximum absolute atomic E-state index is 12.6. The predicted molar refractivity (Wildman–Crippen MR) is 99.8 cm³/mol. The fraction of sp³-hybridized carbons (Fsp3) is 0.400. The van der Waals surface area contributed by atoms with Gasteiger partial charge >= 0.3 is 0 Å². The fourth-order valence-electron chi connectivity index (χ4n) is 3.63. The van der Waals surface area contributed by atoms with Crippen molar-refractivity contribution in [3.63, 3.8) is 0 Å². The topological polar surface area (TPSA) is 83.8 Å². The van der Waals surface area contributed by atoms with E-state index in [2.05, 4.69) is 15.5 Å². The van der Waals surface area contributed by atoms with Crippen molar-refractivity contribution in [1.82, 2.24) is 10.2 Å². The van der Waals surface area contributed by atoms with Crippen LogP contribution in [-0.4, -0.2) is 43.0 Å². The molecule has 0 aliphatic carbocycles. The molecule has 4 rings (SSSR count). The van der Waals surface area contributed by atoms with Gasteiger partial charge in [-0.2, -0.15) is 0 Å². The number of hydrogen-bond donors (Lipinski definition) is 2. The number of hydrogen-bond acceptors (Lipinski definition) is 5. The first-order valence-corrected chi connectivity index (χ1v) is 9.33. The van der Waals surface area contributed by atoms with E-state index in [9.17, 15) is 9.59 Å². The van der Waals surface area contributed by atoms with Gasteiger partial charge in [-0.25, -0.2) is 0 Å². The minimum atomic E-state index is -0.192. The SMILES string of the molecule is O=C1COc2cc(C(=O)NC[C@@H](c3ccco3)N3CCCCC3)ccc2N1. The number of piperidine rings is 1. The molecule has 1 saturated heterocycles. The molecule has 2 aliphatic rings. The minimum absolute atomic E-state index is 0.0254. The summed E-state index contributed by atoms with van der Waals surface area (Å²) < 4.78 is 11.0. The molecule has 0 radical (unpaired) electrons. The molecule has 1 aromatic carbocycles. The molecule has 2 aromatic rings. The zero-order chi connectivity index (χ0) is 18.6. The summed E-state index contributed by atoms with van der Waals surface area (Å²) in [6, 6.07) is 8.90. The van der Waals surface area contributed by atoms with Crippen LogP contribution in [0.15, 0.2) is 41.0 Å². The van der Waals surface area contributed by atoms with E-state index in [1.807, 2.05) is 12.1 Å². The summed E-state index contributed by atoms with van der Waals surface area (Å²) in [4.78, 5) is 26.4. The number of ether oxygens (including phenoxy) is 1. The summed E-state index contributed by atoms with van der Waals surface area (Å²) >= 11 is 0. The van der Waals surface area contributed by atoms with Gasteiger partial charge in [0.1, 0.15) is 11.5 Å². The molecular weight excluding hydrogens is 346 g/mol. The summed E-state index contributed by atoms with van der Waals surface area (Å²) in [5.41, 5.74) is 1.09. The second kappa shape index (κ2) is 7.84. The number of carbonyl (C=O) groups excluding carboxylic acids is 2. The molecule has 0 saturated carbocycles. The third kappa shape index (κ3) is 3.98. The van der Waals surface area contributed by atoms with E-state index in [-0.39, 0.29) is 24.5 Å². The smallest absolute Gasteiger partial charge is 0.262 e. The van der Waals surface area contributed by atoms with Gasteiger partial charge in [0.15, 0.2) is 6.61 Å². The zero-order valence-electron chi connectivity index (χ0n) is 15.1. The van der Waals surface area contributed by atoms with Crippen LogP contribution in [0.25, 0.3) is 0 Å². The van der Waals surface area contributed by atoms with E-state index < -0.39 is 0 Å². The van der Waals surface area contributed by atoms with Crippen LogP contribution < -0.4 is 15.4 Å². The Morgan fingerprint density at radius 2 is 2.07 bits per heavy atom. The quantitative estimate of drug-likeness (QED) is 0.846. The molecule has 1 aromatic heterocycles. The number of rotatable bonds is 5. The van der Waals surface area contributed by atoms with Crippen LogP contribution in [0, 0.1) is 0 Å². The van der Waals surface area contributed by atoms with E-state index in [4.69, 9.17) is 9.15 Å². The first-order valence-electron chi connectivity index (χ1n) is 9.33. The highest BCUT2D eigenvalue weighted by Gasteiger charge is 2.25. The van der Waals surface area contributed by atoms with Crippen molar-refractivity contribution in [3.8, 4) is 5.75 Å². The van der Waals surface area contributed by atoms with Crippen LogP contribution in [0.1, 0.15) is 41.4 Å². The van der Waals surface area contributed by atoms with Crippen LogP contribution in [0.3, 0.4) is 0 Å². The van der Waals surface area contributed by atoms with Crippen molar-refractivity contribution in [2.45, 2.75) is 25.3 Å². The first kappa shape index (κ1) is 17.6. The van der Waals surface area contributed by atoms with Gasteiger partial charge in [0.05, 0.1) is 18.0 Å². The third-order valence-electron chi connectivity index (χ3n) is 5.04. The average Bonchev–Trinajstić information content (AvgIpc) is 3.23. The number of furan rings is 1. The molecule has 142 valence electrons. The number of amides is 2. The summed E-state index contributed by atoms with van der Waals surface area (Å²) in [6.45, 7) is 2.45. The minimum Gasteiger partial charge on any atom is -0.482 e. The largest absolute Gasteiger partial charge is 0.482 e. The fourth-order valence-corrected chi connectivity index (χ4v) is 3.63. The zero-order valence-corrected chi connectivity index (χ0v) is 15.1. The number of carbonyl (C=O) groups is 2. The van der Waals surface area contributed by atoms with E-state index in [1.54, 1.807) is 24.5 Å². The summed E-state index contributed by atoms with van der Waals surface area (Å²) in [7, 11) is 0. The van der Waals surface area contributed by atoms with Crippen LogP contribution in [0.4, 0.5) is 5.69 Å². The molecule has 2 aliphatic heterocycles. The molecule has 3 heterocycles. The van der Waals surface area contributed by atoms with E-state index in [1.165, 1.54) is 19.3 Å². The molecular formula is C20H23N3O4. The average molecular weight is 369 g/mol. The molecule has 7 heteroatoms. The predicted octanol–water partition coefficient (Wildman–Crippen LogP) is 2.57. The van der Waals surface area contributed by atoms with Gasteiger partial charge in [-0.1, -0.05) is 6.42 Å². The Balaban J connectivity index is 1.44. The highest BCUT2D eigenvalue weighted by molar-refractivity contribution is 5.99. The molecule has 0 bridgehead atoms. The molecule has 1 atom stereocenters. The molecule has 2 N–H and O–H groups in total.